The highest BCUT2D eigenvalue weighted by molar-refractivity contribution is 9.10. The molecule has 1 N–H and O–H groups in total. The molecule has 0 atom stereocenters. The van der Waals surface area contributed by atoms with Crippen LogP contribution in [0.15, 0.2) is 22.8 Å². The first-order chi connectivity index (χ1) is 7.18. The average Bonchev–Trinajstić information content (AvgIpc) is 2.98. The molecule has 1 saturated carbocycles. The SMILES string of the molecule is Cc1c(Br)n(C2CC2)c2cc(O)ccc12. The molecule has 3 rings (SSSR count). The summed E-state index contributed by atoms with van der Waals surface area (Å²) < 4.78 is 3.45. The van der Waals surface area contributed by atoms with E-state index in [2.05, 4.69) is 27.4 Å². The van der Waals surface area contributed by atoms with Crippen LogP contribution in [0.25, 0.3) is 10.9 Å². The van der Waals surface area contributed by atoms with Gasteiger partial charge in [0, 0.05) is 17.5 Å². The minimum atomic E-state index is 0.342. The molecule has 0 saturated heterocycles. The van der Waals surface area contributed by atoms with Crippen molar-refractivity contribution in [2.24, 2.45) is 0 Å². The van der Waals surface area contributed by atoms with Gasteiger partial charge in [0.2, 0.25) is 0 Å². The minimum Gasteiger partial charge on any atom is -0.508 e. The fraction of sp³-hybridized carbons (Fsp3) is 0.333. The Morgan fingerprint density at radius 2 is 2.13 bits per heavy atom. The van der Waals surface area contributed by atoms with E-state index in [9.17, 15) is 5.11 Å². The number of rotatable bonds is 1. The molecule has 1 heterocycles. The van der Waals surface area contributed by atoms with Crippen molar-refractivity contribution in [3.8, 4) is 5.75 Å². The van der Waals surface area contributed by atoms with Crippen LogP contribution >= 0.6 is 15.9 Å². The van der Waals surface area contributed by atoms with Gasteiger partial charge >= 0.3 is 0 Å². The molecule has 2 nitrogen and oxygen atoms in total. The van der Waals surface area contributed by atoms with Gasteiger partial charge in [0.1, 0.15) is 5.75 Å². The number of halogens is 1. The van der Waals surface area contributed by atoms with Crippen molar-refractivity contribution < 1.29 is 5.11 Å². The Morgan fingerprint density at radius 1 is 1.40 bits per heavy atom. The first-order valence-electron chi connectivity index (χ1n) is 5.17. The van der Waals surface area contributed by atoms with E-state index in [0.717, 1.165) is 10.1 Å². The highest BCUT2D eigenvalue weighted by Crippen LogP contribution is 2.43. The van der Waals surface area contributed by atoms with Crippen molar-refractivity contribution in [3.63, 3.8) is 0 Å². The van der Waals surface area contributed by atoms with Gasteiger partial charge < -0.3 is 9.67 Å². The number of aryl methyl sites for hydroxylation is 1. The van der Waals surface area contributed by atoms with Gasteiger partial charge in [0.05, 0.1) is 10.1 Å². The predicted molar refractivity (Wildman–Crippen MR) is 64.3 cm³/mol. The van der Waals surface area contributed by atoms with E-state index in [4.69, 9.17) is 0 Å². The molecular weight excluding hydrogens is 254 g/mol. The summed E-state index contributed by atoms with van der Waals surface area (Å²) in [5, 5.41) is 10.8. The fourth-order valence-electron chi connectivity index (χ4n) is 2.12. The highest BCUT2D eigenvalue weighted by atomic mass is 79.9. The van der Waals surface area contributed by atoms with E-state index in [0.29, 0.717) is 11.8 Å². The maximum absolute atomic E-state index is 9.53. The fourth-order valence-corrected chi connectivity index (χ4v) is 2.82. The third-order valence-corrected chi connectivity index (χ3v) is 4.05. The minimum absolute atomic E-state index is 0.342. The van der Waals surface area contributed by atoms with Crippen LogP contribution in [-0.4, -0.2) is 9.67 Å². The van der Waals surface area contributed by atoms with E-state index in [1.54, 1.807) is 6.07 Å². The molecule has 1 fully saturated rings. The topological polar surface area (TPSA) is 25.2 Å². The third kappa shape index (κ3) is 1.29. The number of aromatic hydroxyl groups is 1. The van der Waals surface area contributed by atoms with Crippen LogP contribution in [0.1, 0.15) is 24.4 Å². The maximum Gasteiger partial charge on any atom is 0.117 e. The average molecular weight is 266 g/mol. The summed E-state index contributed by atoms with van der Waals surface area (Å²) in [6.45, 7) is 2.11. The van der Waals surface area contributed by atoms with Crippen LogP contribution in [0.4, 0.5) is 0 Å². The standard InChI is InChI=1S/C12H12BrNO/c1-7-10-5-4-9(15)6-11(10)14(12(7)13)8-2-3-8/h4-6,8,15H,2-3H2,1H3. The third-order valence-electron chi connectivity index (χ3n) is 3.08. The van der Waals surface area contributed by atoms with E-state index in [1.165, 1.54) is 23.8 Å². The molecule has 0 bridgehead atoms. The van der Waals surface area contributed by atoms with Crippen molar-refractivity contribution in [3.05, 3.63) is 28.4 Å². The summed E-state index contributed by atoms with van der Waals surface area (Å²) in [6, 6.07) is 6.21. The molecule has 0 aliphatic heterocycles. The lowest BCUT2D eigenvalue weighted by atomic mass is 10.2. The first-order valence-corrected chi connectivity index (χ1v) is 5.97. The second kappa shape index (κ2) is 3.01. The van der Waals surface area contributed by atoms with Crippen LogP contribution < -0.4 is 0 Å². The zero-order valence-corrected chi connectivity index (χ0v) is 10.1. The molecule has 1 aliphatic rings. The second-order valence-corrected chi connectivity index (χ2v) is 4.97. The highest BCUT2D eigenvalue weighted by Gasteiger charge is 2.28. The molecule has 0 spiro atoms. The van der Waals surface area contributed by atoms with Gasteiger partial charge in [-0.05, 0) is 53.4 Å². The summed E-state index contributed by atoms with van der Waals surface area (Å²) in [5.41, 5.74) is 2.40. The molecule has 0 unspecified atom stereocenters. The van der Waals surface area contributed by atoms with Gasteiger partial charge in [-0.3, -0.25) is 0 Å². The van der Waals surface area contributed by atoms with Crippen molar-refractivity contribution in [2.75, 3.05) is 0 Å². The smallest absolute Gasteiger partial charge is 0.117 e. The van der Waals surface area contributed by atoms with E-state index >= 15 is 0 Å². The Bertz CT molecular complexity index is 540. The summed E-state index contributed by atoms with van der Waals surface area (Å²) in [5.74, 6) is 0.342. The Labute approximate surface area is 96.6 Å². The monoisotopic (exact) mass is 265 g/mol. The number of fused-ring (bicyclic) bond motifs is 1. The number of hydrogen-bond acceptors (Lipinski definition) is 1. The number of phenols is 1. The van der Waals surface area contributed by atoms with Crippen molar-refractivity contribution >= 4 is 26.8 Å². The molecule has 0 radical (unpaired) electrons. The first kappa shape index (κ1) is 9.28. The quantitative estimate of drug-likeness (QED) is 0.835. The molecule has 1 aromatic carbocycles. The van der Waals surface area contributed by atoms with Crippen molar-refractivity contribution in [2.45, 2.75) is 25.8 Å². The molecule has 1 aliphatic carbocycles. The van der Waals surface area contributed by atoms with Crippen molar-refractivity contribution in [1.82, 2.24) is 4.57 Å². The number of benzene rings is 1. The molecule has 0 amide bonds. The Kier molecular flexibility index (Phi) is 1.87. The van der Waals surface area contributed by atoms with Gasteiger partial charge in [0.25, 0.3) is 0 Å². The molecule has 1 aromatic heterocycles. The summed E-state index contributed by atoms with van der Waals surface area (Å²) in [6.07, 6.45) is 2.49. The van der Waals surface area contributed by atoms with Crippen LogP contribution in [-0.2, 0) is 0 Å². The number of phenolic OH excluding ortho intramolecular Hbond substituents is 1. The lowest BCUT2D eigenvalue weighted by molar-refractivity contribution is 0.476. The number of aromatic nitrogens is 1. The van der Waals surface area contributed by atoms with E-state index in [1.807, 2.05) is 12.1 Å². The van der Waals surface area contributed by atoms with Gasteiger partial charge in [0.15, 0.2) is 0 Å². The zero-order chi connectivity index (χ0) is 10.6. The second-order valence-electron chi connectivity index (χ2n) is 4.22. The number of hydrogen-bond donors (Lipinski definition) is 1. The largest absolute Gasteiger partial charge is 0.508 e. The van der Waals surface area contributed by atoms with Gasteiger partial charge in [-0.2, -0.15) is 0 Å². The predicted octanol–water partition coefficient (Wildman–Crippen LogP) is 3.75. The summed E-state index contributed by atoms with van der Waals surface area (Å²) >= 11 is 3.64. The molecule has 78 valence electrons. The normalized spacial score (nSPS) is 16.1. The lowest BCUT2D eigenvalue weighted by Crippen LogP contribution is -1.92. The Morgan fingerprint density at radius 3 is 2.80 bits per heavy atom. The Hall–Kier alpha value is -0.960. The molecule has 2 aromatic rings. The van der Waals surface area contributed by atoms with Crippen LogP contribution in [0, 0.1) is 6.92 Å². The molecule has 3 heteroatoms. The zero-order valence-electron chi connectivity index (χ0n) is 8.50. The Balaban J connectivity index is 2.40. The van der Waals surface area contributed by atoms with Crippen molar-refractivity contribution in [1.29, 1.82) is 0 Å². The van der Waals surface area contributed by atoms with Crippen LogP contribution in [0.5, 0.6) is 5.75 Å². The maximum atomic E-state index is 9.53. The van der Waals surface area contributed by atoms with Gasteiger partial charge in [-0.1, -0.05) is 0 Å². The van der Waals surface area contributed by atoms with Crippen LogP contribution in [0.2, 0.25) is 0 Å². The van der Waals surface area contributed by atoms with Crippen LogP contribution in [0.3, 0.4) is 0 Å². The summed E-state index contributed by atoms with van der Waals surface area (Å²) in [4.78, 5) is 0. The molecule has 15 heavy (non-hydrogen) atoms. The lowest BCUT2D eigenvalue weighted by Gasteiger charge is -2.04. The molecular formula is C12H12BrNO. The van der Waals surface area contributed by atoms with Gasteiger partial charge in [-0.25, -0.2) is 0 Å². The van der Waals surface area contributed by atoms with Gasteiger partial charge in [-0.15, -0.1) is 0 Å². The number of nitrogens with zero attached hydrogens (tertiary/aromatic N) is 1. The van der Waals surface area contributed by atoms with E-state index < -0.39 is 0 Å². The van der Waals surface area contributed by atoms with E-state index in [-0.39, 0.29) is 0 Å². The summed E-state index contributed by atoms with van der Waals surface area (Å²) in [7, 11) is 0.